The van der Waals surface area contributed by atoms with Gasteiger partial charge in [0.25, 0.3) is 0 Å². The molecule has 1 unspecified atom stereocenters. The molecular formula is C22H23N5O3S2. The van der Waals surface area contributed by atoms with Gasteiger partial charge in [0.2, 0.25) is 0 Å². The highest BCUT2D eigenvalue weighted by Crippen LogP contribution is 2.25. The Kier molecular flexibility index (Phi) is 6.52. The normalized spacial score (nSPS) is 17.3. The second kappa shape index (κ2) is 9.49. The fraction of sp³-hybridized carbons (Fsp3) is 0.227. The van der Waals surface area contributed by atoms with Crippen LogP contribution >= 0.6 is 12.2 Å². The van der Waals surface area contributed by atoms with Crippen molar-refractivity contribution >= 4 is 33.4 Å². The first-order chi connectivity index (χ1) is 15.4. The van der Waals surface area contributed by atoms with Crippen molar-refractivity contribution in [3.63, 3.8) is 0 Å². The van der Waals surface area contributed by atoms with Crippen molar-refractivity contribution in [2.75, 3.05) is 18.6 Å². The van der Waals surface area contributed by atoms with Gasteiger partial charge >= 0.3 is 0 Å². The van der Waals surface area contributed by atoms with E-state index in [0.717, 1.165) is 28.3 Å². The summed E-state index contributed by atoms with van der Waals surface area (Å²) in [5, 5.41) is 12.3. The van der Waals surface area contributed by atoms with E-state index in [2.05, 4.69) is 15.8 Å². The average Bonchev–Trinajstić information content (AvgIpc) is 3.37. The van der Waals surface area contributed by atoms with Crippen LogP contribution in [0.2, 0.25) is 0 Å². The molecule has 2 N–H and O–H groups in total. The molecule has 166 valence electrons. The van der Waals surface area contributed by atoms with Gasteiger partial charge < -0.3 is 10.1 Å². The zero-order chi connectivity index (χ0) is 22.6. The second-order valence-electron chi connectivity index (χ2n) is 7.39. The van der Waals surface area contributed by atoms with E-state index in [4.69, 9.17) is 22.1 Å². The number of benzene rings is 2. The highest BCUT2D eigenvalue weighted by atomic mass is 32.2. The molecule has 1 saturated heterocycles. The summed E-state index contributed by atoms with van der Waals surface area (Å²) in [5.41, 5.74) is 6.15. The van der Waals surface area contributed by atoms with Gasteiger partial charge in [-0.05, 0) is 55.0 Å². The highest BCUT2D eigenvalue weighted by Gasteiger charge is 2.28. The Balaban J connectivity index is 1.53. The van der Waals surface area contributed by atoms with Crippen LogP contribution in [0.1, 0.15) is 12.0 Å². The second-order valence-corrected chi connectivity index (χ2v) is 10.0. The Morgan fingerprint density at radius 3 is 2.62 bits per heavy atom. The summed E-state index contributed by atoms with van der Waals surface area (Å²) in [4.78, 5) is 0. The molecule has 1 atom stereocenters. The van der Waals surface area contributed by atoms with E-state index >= 15 is 0 Å². The largest absolute Gasteiger partial charge is 0.497 e. The Labute approximate surface area is 192 Å². The van der Waals surface area contributed by atoms with Gasteiger partial charge in [0.15, 0.2) is 14.9 Å². The van der Waals surface area contributed by atoms with Crippen LogP contribution in [0, 0.1) is 0 Å². The number of sulfone groups is 1. The lowest BCUT2D eigenvalue weighted by molar-refractivity contribution is 0.415. The first-order valence-corrected chi connectivity index (χ1v) is 12.3. The summed E-state index contributed by atoms with van der Waals surface area (Å²) in [7, 11) is -1.35. The first-order valence-electron chi connectivity index (χ1n) is 10.0. The summed E-state index contributed by atoms with van der Waals surface area (Å²) in [6.07, 6.45) is 4.07. The monoisotopic (exact) mass is 469 g/mol. The van der Waals surface area contributed by atoms with Gasteiger partial charge in [-0.2, -0.15) is 10.2 Å². The van der Waals surface area contributed by atoms with Gasteiger partial charge in [0, 0.05) is 23.4 Å². The lowest BCUT2D eigenvalue weighted by Crippen LogP contribution is -2.40. The lowest BCUT2D eigenvalue weighted by Gasteiger charge is -2.12. The van der Waals surface area contributed by atoms with Crippen LogP contribution in [0.15, 0.2) is 65.9 Å². The summed E-state index contributed by atoms with van der Waals surface area (Å²) in [6.45, 7) is 0. The van der Waals surface area contributed by atoms with Crippen LogP contribution in [0.4, 0.5) is 0 Å². The number of methoxy groups -OCH3 is 1. The minimum Gasteiger partial charge on any atom is -0.497 e. The van der Waals surface area contributed by atoms with Crippen molar-refractivity contribution < 1.29 is 13.2 Å². The molecule has 1 aliphatic heterocycles. The zero-order valence-electron chi connectivity index (χ0n) is 17.4. The van der Waals surface area contributed by atoms with Gasteiger partial charge in [-0.25, -0.2) is 13.1 Å². The number of nitrogens with one attached hydrogen (secondary N) is 2. The van der Waals surface area contributed by atoms with E-state index in [0.29, 0.717) is 6.42 Å². The molecule has 1 fully saturated rings. The quantitative estimate of drug-likeness (QED) is 0.325. The van der Waals surface area contributed by atoms with Crippen LogP contribution < -0.4 is 15.5 Å². The third-order valence-electron chi connectivity index (χ3n) is 5.06. The van der Waals surface area contributed by atoms with E-state index in [1.54, 1.807) is 18.0 Å². The van der Waals surface area contributed by atoms with Crippen LogP contribution in [-0.4, -0.2) is 54.2 Å². The standard InChI is InChI=1S/C22H23N5O3S2/c1-30-20-9-7-16(8-10-20)21-17(14-27(26-21)19-5-3-2-4-6-19)13-23-25-22(31)24-18-11-12-32(28,29)15-18/h2-10,13-14,18H,11-12,15H2,1H3,(H2,24,25,31). The van der Waals surface area contributed by atoms with Crippen molar-refractivity contribution in [1.29, 1.82) is 0 Å². The van der Waals surface area contributed by atoms with Crippen LogP contribution in [-0.2, 0) is 9.84 Å². The molecule has 0 saturated carbocycles. The number of para-hydroxylation sites is 1. The Morgan fingerprint density at radius 2 is 1.97 bits per heavy atom. The number of rotatable bonds is 6. The molecule has 1 aliphatic rings. The molecule has 32 heavy (non-hydrogen) atoms. The molecule has 10 heteroatoms. The molecule has 0 bridgehead atoms. The summed E-state index contributed by atoms with van der Waals surface area (Å²) in [5.74, 6) is 1.03. The van der Waals surface area contributed by atoms with Crippen LogP contribution in [0.5, 0.6) is 5.75 Å². The van der Waals surface area contributed by atoms with E-state index in [1.807, 2.05) is 60.8 Å². The number of nitrogens with zero attached hydrogens (tertiary/aromatic N) is 3. The molecule has 0 aliphatic carbocycles. The highest BCUT2D eigenvalue weighted by molar-refractivity contribution is 7.91. The maximum absolute atomic E-state index is 11.6. The van der Waals surface area contributed by atoms with Crippen molar-refractivity contribution in [1.82, 2.24) is 20.5 Å². The molecule has 0 radical (unpaired) electrons. The van der Waals surface area contributed by atoms with Gasteiger partial charge in [0.1, 0.15) is 11.4 Å². The third-order valence-corrected chi connectivity index (χ3v) is 7.04. The number of hydrogen-bond donors (Lipinski definition) is 2. The first kappa shape index (κ1) is 22.0. The Hall–Kier alpha value is -3.24. The summed E-state index contributed by atoms with van der Waals surface area (Å²) in [6, 6.07) is 17.2. The topological polar surface area (TPSA) is 97.6 Å². The van der Waals surface area contributed by atoms with Crippen LogP contribution in [0.3, 0.4) is 0 Å². The van der Waals surface area contributed by atoms with E-state index in [-0.39, 0.29) is 22.7 Å². The average molecular weight is 470 g/mol. The van der Waals surface area contributed by atoms with Crippen LogP contribution in [0.25, 0.3) is 16.9 Å². The molecule has 0 spiro atoms. The molecule has 2 heterocycles. The molecule has 8 nitrogen and oxygen atoms in total. The number of hydrogen-bond acceptors (Lipinski definition) is 6. The van der Waals surface area contributed by atoms with Crippen molar-refractivity contribution in [3.05, 3.63) is 66.4 Å². The number of hydrazone groups is 1. The van der Waals surface area contributed by atoms with Crippen molar-refractivity contribution in [2.45, 2.75) is 12.5 Å². The van der Waals surface area contributed by atoms with Gasteiger partial charge in [0.05, 0.1) is 30.5 Å². The molecule has 2 aromatic carbocycles. The minimum absolute atomic E-state index is 0.0873. The lowest BCUT2D eigenvalue weighted by atomic mass is 10.1. The molecule has 0 amide bonds. The van der Waals surface area contributed by atoms with Gasteiger partial charge in [-0.3, -0.25) is 5.43 Å². The third kappa shape index (κ3) is 5.32. The maximum atomic E-state index is 11.6. The fourth-order valence-corrected chi connectivity index (χ4v) is 5.35. The predicted octanol–water partition coefficient (Wildman–Crippen LogP) is 2.53. The summed E-state index contributed by atoms with van der Waals surface area (Å²) >= 11 is 5.25. The predicted molar refractivity (Wildman–Crippen MR) is 129 cm³/mol. The maximum Gasteiger partial charge on any atom is 0.187 e. The number of thiocarbonyl (C=S) groups is 1. The molecule has 4 rings (SSSR count). The Morgan fingerprint density at radius 1 is 1.22 bits per heavy atom. The smallest absolute Gasteiger partial charge is 0.187 e. The van der Waals surface area contributed by atoms with E-state index in [1.165, 1.54) is 0 Å². The number of aromatic nitrogens is 2. The van der Waals surface area contributed by atoms with Crippen molar-refractivity contribution in [3.8, 4) is 22.7 Å². The Bertz CT molecular complexity index is 1220. The van der Waals surface area contributed by atoms with E-state index < -0.39 is 9.84 Å². The minimum atomic E-state index is -2.98. The van der Waals surface area contributed by atoms with Gasteiger partial charge in [-0.15, -0.1) is 0 Å². The fourth-order valence-electron chi connectivity index (χ4n) is 3.45. The van der Waals surface area contributed by atoms with Gasteiger partial charge in [-0.1, -0.05) is 18.2 Å². The number of ether oxygens (including phenoxy) is 1. The van der Waals surface area contributed by atoms with Crippen molar-refractivity contribution in [2.24, 2.45) is 5.10 Å². The molecule has 3 aromatic rings. The molecular weight excluding hydrogens is 446 g/mol. The SMILES string of the molecule is COc1ccc(-c2nn(-c3ccccc3)cc2C=NNC(=S)NC2CCS(=O)(=O)C2)cc1. The summed E-state index contributed by atoms with van der Waals surface area (Å²) < 4.78 is 30.2. The van der Waals surface area contributed by atoms with E-state index in [9.17, 15) is 8.42 Å². The molecule has 1 aromatic heterocycles. The zero-order valence-corrected chi connectivity index (χ0v) is 19.1.